The lowest BCUT2D eigenvalue weighted by Gasteiger charge is -2.10. The minimum Gasteiger partial charge on any atom is -0.354 e. The molecular formula is C43H19F10N5O2. The largest absolute Gasteiger partial charge is 0.354 e. The Hall–Kier alpha value is -7.69. The van der Waals surface area contributed by atoms with Crippen LogP contribution >= 0.6 is 0 Å². The third-order valence-electron chi connectivity index (χ3n) is 10.1. The predicted molar refractivity (Wildman–Crippen MR) is 203 cm³/mol. The van der Waals surface area contributed by atoms with Gasteiger partial charge in [-0.15, -0.1) is 0 Å². The monoisotopic (exact) mass is 827 g/mol. The summed E-state index contributed by atoms with van der Waals surface area (Å²) in [4.78, 5) is 24.1. The Labute approximate surface area is 328 Å². The van der Waals surface area contributed by atoms with Crippen LogP contribution in [0.4, 0.5) is 49.6 Å². The molecule has 1 aliphatic heterocycles. The SMILES string of the molecule is O=[N+]([O-])c1cccc(-c2ccc(-c3c4ccc([nH]4)c(-c4c(F)c(F)c(F)c(F)c4F)c4nc(c5ccc([nH]5)c(-c5c(F)c(F)c(F)c(F)c5F)c5ccc3[nH]5)C=C4)cc2)c1. The summed E-state index contributed by atoms with van der Waals surface area (Å²) in [5.74, 6) is -22.2. The fourth-order valence-electron chi connectivity index (χ4n) is 7.26. The van der Waals surface area contributed by atoms with Crippen LogP contribution in [0.1, 0.15) is 11.4 Å². The van der Waals surface area contributed by atoms with Crippen LogP contribution in [0.5, 0.6) is 0 Å². The van der Waals surface area contributed by atoms with E-state index in [1.54, 1.807) is 30.3 Å². The van der Waals surface area contributed by atoms with Gasteiger partial charge in [-0.2, -0.15) is 0 Å². The summed E-state index contributed by atoms with van der Waals surface area (Å²) in [7, 11) is 0. The molecule has 0 saturated heterocycles. The molecule has 0 spiro atoms. The average Bonchev–Trinajstić information content (AvgIpc) is 4.10. The molecule has 5 heterocycles. The Balaban J connectivity index is 1.43. The number of nitro benzene ring substituents is 1. The van der Waals surface area contributed by atoms with Crippen LogP contribution in [0.15, 0.2) is 84.9 Å². The summed E-state index contributed by atoms with van der Waals surface area (Å²) in [6.07, 6.45) is 2.52. The third-order valence-corrected chi connectivity index (χ3v) is 10.1. The number of benzene rings is 4. The van der Waals surface area contributed by atoms with Gasteiger partial charge in [0, 0.05) is 56.4 Å². The smallest absolute Gasteiger partial charge is 0.270 e. The minimum absolute atomic E-state index is 0.0145. The lowest BCUT2D eigenvalue weighted by molar-refractivity contribution is -0.384. The molecule has 0 fully saturated rings. The number of hydrogen-bond donors (Lipinski definition) is 3. The Bertz CT molecular complexity index is 3260. The van der Waals surface area contributed by atoms with Crippen LogP contribution in [0.3, 0.4) is 0 Å². The van der Waals surface area contributed by atoms with Crippen molar-refractivity contribution in [3.8, 4) is 44.5 Å². The number of H-pyrrole nitrogens is 3. The highest BCUT2D eigenvalue weighted by Crippen LogP contribution is 2.41. The number of non-ortho nitro benzene ring substituents is 1. The maximum absolute atomic E-state index is 15.6. The second-order valence-corrected chi connectivity index (χ2v) is 13.5. The van der Waals surface area contributed by atoms with Crippen LogP contribution in [0.2, 0.25) is 0 Å². The Morgan fingerprint density at radius 3 is 1.32 bits per heavy atom. The van der Waals surface area contributed by atoms with Crippen LogP contribution in [0, 0.1) is 68.3 Å². The summed E-state index contributed by atoms with van der Waals surface area (Å²) < 4.78 is 150. The maximum atomic E-state index is 15.6. The van der Waals surface area contributed by atoms with Gasteiger partial charge in [-0.1, -0.05) is 36.4 Å². The molecule has 0 unspecified atom stereocenters. The number of halogens is 10. The topological polar surface area (TPSA) is 103 Å². The lowest BCUT2D eigenvalue weighted by Crippen LogP contribution is -2.05. The first kappa shape index (κ1) is 37.9. The summed E-state index contributed by atoms with van der Waals surface area (Å²) in [5.41, 5.74) is -2.76. The molecule has 17 heteroatoms. The number of hydrogen-bond acceptors (Lipinski definition) is 3. The van der Waals surface area contributed by atoms with Crippen molar-refractivity contribution in [2.45, 2.75) is 0 Å². The Morgan fingerprint density at radius 2 is 0.800 bits per heavy atom. The molecule has 9 rings (SSSR count). The zero-order valence-electron chi connectivity index (χ0n) is 29.7. The van der Waals surface area contributed by atoms with Gasteiger partial charge in [-0.3, -0.25) is 10.1 Å². The number of nitrogens with zero attached hydrogens (tertiary/aromatic N) is 2. The molecular weight excluding hydrogens is 808 g/mol. The summed E-state index contributed by atoms with van der Waals surface area (Å²) in [6, 6.07) is 20.2. The molecule has 60 heavy (non-hydrogen) atoms. The summed E-state index contributed by atoms with van der Waals surface area (Å²) in [5, 5.41) is 11.4. The van der Waals surface area contributed by atoms with Gasteiger partial charge < -0.3 is 15.0 Å². The van der Waals surface area contributed by atoms with Gasteiger partial charge in [0.05, 0.1) is 33.0 Å². The molecule has 4 aromatic carbocycles. The highest BCUT2D eigenvalue weighted by atomic mass is 19.2. The molecule has 8 aromatic rings. The van der Waals surface area contributed by atoms with Gasteiger partial charge in [0.1, 0.15) is 0 Å². The molecule has 3 N–H and O–H groups in total. The van der Waals surface area contributed by atoms with Gasteiger partial charge in [0.2, 0.25) is 11.6 Å². The van der Waals surface area contributed by atoms with Crippen molar-refractivity contribution in [3.05, 3.63) is 165 Å². The highest BCUT2D eigenvalue weighted by molar-refractivity contribution is 6.01. The number of nitrogens with one attached hydrogen (secondary N) is 3. The third kappa shape index (κ3) is 5.87. The van der Waals surface area contributed by atoms with Crippen molar-refractivity contribution in [1.82, 2.24) is 19.9 Å². The van der Waals surface area contributed by atoms with Crippen molar-refractivity contribution in [2.75, 3.05) is 0 Å². The van der Waals surface area contributed by atoms with Crippen molar-refractivity contribution >= 4 is 50.9 Å². The Kier molecular flexibility index (Phi) is 8.84. The second kappa shape index (κ2) is 14.0. The molecule has 4 aromatic heterocycles. The molecule has 0 atom stereocenters. The fraction of sp³-hybridized carbons (Fsp3) is 0. The lowest BCUT2D eigenvalue weighted by atomic mass is 10.00. The van der Waals surface area contributed by atoms with E-state index in [2.05, 4.69) is 19.9 Å². The highest BCUT2D eigenvalue weighted by Gasteiger charge is 2.31. The van der Waals surface area contributed by atoms with Crippen molar-refractivity contribution in [1.29, 1.82) is 0 Å². The first-order valence-electron chi connectivity index (χ1n) is 17.5. The first-order valence-corrected chi connectivity index (χ1v) is 17.5. The molecule has 298 valence electrons. The van der Waals surface area contributed by atoms with Gasteiger partial charge in [0.25, 0.3) is 5.69 Å². The van der Waals surface area contributed by atoms with Crippen LogP contribution < -0.4 is 0 Å². The molecule has 0 amide bonds. The molecule has 7 nitrogen and oxygen atoms in total. The van der Waals surface area contributed by atoms with Crippen LogP contribution in [-0.4, -0.2) is 24.9 Å². The first-order chi connectivity index (χ1) is 28.7. The van der Waals surface area contributed by atoms with E-state index < -0.39 is 85.3 Å². The molecule has 8 bridgehead atoms. The van der Waals surface area contributed by atoms with Gasteiger partial charge in [-0.05, 0) is 65.2 Å². The van der Waals surface area contributed by atoms with E-state index in [0.29, 0.717) is 16.7 Å². The zero-order valence-corrected chi connectivity index (χ0v) is 29.7. The molecule has 1 aliphatic rings. The van der Waals surface area contributed by atoms with Crippen LogP contribution in [0.25, 0.3) is 89.8 Å². The predicted octanol–water partition coefficient (Wildman–Crippen LogP) is 12.7. The van der Waals surface area contributed by atoms with Crippen molar-refractivity contribution in [3.63, 3.8) is 0 Å². The normalized spacial score (nSPS) is 11.9. The van der Waals surface area contributed by atoms with E-state index in [4.69, 9.17) is 0 Å². The van der Waals surface area contributed by atoms with E-state index in [1.165, 1.54) is 66.7 Å². The molecule has 0 radical (unpaired) electrons. The average molecular weight is 828 g/mol. The maximum Gasteiger partial charge on any atom is 0.270 e. The molecule has 0 aliphatic carbocycles. The number of fused-ring (bicyclic) bond motifs is 9. The van der Waals surface area contributed by atoms with Gasteiger partial charge in [-0.25, -0.2) is 48.9 Å². The number of rotatable bonds is 5. The van der Waals surface area contributed by atoms with E-state index in [9.17, 15) is 36.5 Å². The summed E-state index contributed by atoms with van der Waals surface area (Å²) in [6.45, 7) is 0. The quantitative estimate of drug-likeness (QED) is 0.0529. The zero-order chi connectivity index (χ0) is 42.3. The van der Waals surface area contributed by atoms with Crippen LogP contribution in [-0.2, 0) is 0 Å². The number of aromatic nitrogens is 4. The van der Waals surface area contributed by atoms with Gasteiger partial charge >= 0.3 is 0 Å². The van der Waals surface area contributed by atoms with Gasteiger partial charge in [0.15, 0.2) is 46.5 Å². The summed E-state index contributed by atoms with van der Waals surface area (Å²) >= 11 is 0. The fourth-order valence-corrected chi connectivity index (χ4v) is 7.26. The van der Waals surface area contributed by atoms with E-state index in [-0.39, 0.29) is 55.7 Å². The second-order valence-electron chi connectivity index (χ2n) is 13.5. The standard InChI is InChI=1S/C43H19F10N5O2/c44-34-32(35(45)39(49)42(52)38(34)48)30-25-10-8-21(54-25)22-9-11-26(55-22)31(33-36(46)40(50)43(53)41(51)37(33)47)28-15-13-24(57-28)29(23-12-14-27(30)56-23)18-6-4-17(5-7-18)19-2-1-3-20(16-19)58(59)60/h1-16,54,56-57H. The van der Waals surface area contributed by atoms with E-state index >= 15 is 17.6 Å². The molecule has 0 saturated carbocycles. The van der Waals surface area contributed by atoms with Crippen molar-refractivity contribution in [2.24, 2.45) is 0 Å². The Morgan fingerprint density at radius 1 is 0.400 bits per heavy atom. The number of nitro groups is 1. The van der Waals surface area contributed by atoms with E-state index in [1.807, 2.05) is 0 Å². The van der Waals surface area contributed by atoms with E-state index in [0.717, 1.165) is 0 Å². The van der Waals surface area contributed by atoms with Crippen molar-refractivity contribution < 1.29 is 48.8 Å². The number of aromatic amines is 3. The minimum atomic E-state index is -2.39.